The van der Waals surface area contributed by atoms with Crippen LogP contribution in [0.3, 0.4) is 0 Å². The fourth-order valence-electron chi connectivity index (χ4n) is 3.93. The van der Waals surface area contributed by atoms with Gasteiger partial charge in [0.1, 0.15) is 11.4 Å². The van der Waals surface area contributed by atoms with Crippen molar-refractivity contribution in [3.05, 3.63) is 71.8 Å². The number of hydrogen-bond acceptors (Lipinski definition) is 5. The molecule has 11 heteroatoms. The molecule has 0 aliphatic carbocycles. The highest BCUT2D eigenvalue weighted by Crippen LogP contribution is 2.35. The van der Waals surface area contributed by atoms with Gasteiger partial charge in [-0.2, -0.15) is 31.8 Å². The summed E-state index contributed by atoms with van der Waals surface area (Å²) in [6, 6.07) is 7.98. The van der Waals surface area contributed by atoms with Crippen LogP contribution in [0.15, 0.2) is 59.5 Å². The summed E-state index contributed by atoms with van der Waals surface area (Å²) in [5.74, 6) is 0.124. The van der Waals surface area contributed by atoms with E-state index in [1.54, 1.807) is 29.3 Å². The molecule has 4 heterocycles. The second-order valence-corrected chi connectivity index (χ2v) is 7.99. The number of halogens is 3. The predicted octanol–water partition coefficient (Wildman–Crippen LogP) is 5.26. The summed E-state index contributed by atoms with van der Waals surface area (Å²) in [5, 5.41) is 8.48. The number of fused-ring (bicyclic) bond motifs is 1. The summed E-state index contributed by atoms with van der Waals surface area (Å²) >= 11 is 0. The van der Waals surface area contributed by atoms with Crippen molar-refractivity contribution in [3.63, 3.8) is 0 Å². The summed E-state index contributed by atoms with van der Waals surface area (Å²) in [6.45, 7) is 4.07. The lowest BCUT2D eigenvalue weighted by Crippen LogP contribution is -2.42. The molecule has 0 bridgehead atoms. The first-order valence-electron chi connectivity index (χ1n) is 10.2. The van der Waals surface area contributed by atoms with Crippen LogP contribution in [0.1, 0.15) is 34.6 Å². The molecule has 176 valence electrons. The molecule has 0 radical (unpaired) electrons. The molecule has 1 aliphatic rings. The smallest absolute Gasteiger partial charge is 0.356 e. The van der Waals surface area contributed by atoms with E-state index in [0.29, 0.717) is 28.4 Å². The van der Waals surface area contributed by atoms with Crippen LogP contribution in [0.25, 0.3) is 22.6 Å². The number of amides is 1. The zero-order chi connectivity index (χ0) is 23.3. The highest BCUT2D eigenvalue weighted by atomic mass is 32.1. The third kappa shape index (κ3) is 4.07. The van der Waals surface area contributed by atoms with E-state index < -0.39 is 11.7 Å². The summed E-state index contributed by atoms with van der Waals surface area (Å²) in [7, 11) is 0. The summed E-state index contributed by atoms with van der Waals surface area (Å²) < 4.78 is 45.9. The number of aryl methyl sites for hydroxylation is 1. The Labute approximate surface area is 199 Å². The first-order chi connectivity index (χ1) is 15.7. The largest absolute Gasteiger partial charge is 0.416 e. The lowest BCUT2D eigenvalue weighted by Gasteiger charge is -2.32. The van der Waals surface area contributed by atoms with Gasteiger partial charge >= 0.3 is 6.18 Å². The van der Waals surface area contributed by atoms with Gasteiger partial charge in [0, 0.05) is 36.3 Å². The topological polar surface area (TPSA) is 77.1 Å². The maximum atomic E-state index is 13.4. The van der Waals surface area contributed by atoms with Crippen LogP contribution in [0, 0.1) is 6.92 Å². The summed E-state index contributed by atoms with van der Waals surface area (Å²) in [4.78, 5) is 19.0. The molecule has 1 amide bonds. The van der Waals surface area contributed by atoms with Gasteiger partial charge in [-0.25, -0.2) is 0 Å². The maximum absolute atomic E-state index is 13.4. The fourth-order valence-corrected chi connectivity index (χ4v) is 3.93. The quantitative estimate of drug-likeness (QED) is 0.394. The maximum Gasteiger partial charge on any atom is 0.416 e. The standard InChI is InChI=1S/C23H18F3N5O2.H2S/c1-13-7-15(10-27-9-13)20-8-19(29-33-20)18-11-28-31-14(2)12-30(22(32)21(18)31)17-5-3-16(4-6-17)23(24,25)26;/h3-11,14H,12H2,1-2H3;1H2/t14-;/m0./s1. The molecule has 0 saturated heterocycles. The van der Waals surface area contributed by atoms with E-state index in [2.05, 4.69) is 15.2 Å². The number of nitrogens with zero attached hydrogens (tertiary/aromatic N) is 5. The predicted molar refractivity (Wildman–Crippen MR) is 124 cm³/mol. The molecule has 1 atom stereocenters. The fraction of sp³-hybridized carbons (Fsp3) is 0.217. The van der Waals surface area contributed by atoms with E-state index in [9.17, 15) is 18.0 Å². The van der Waals surface area contributed by atoms with Crippen molar-refractivity contribution in [1.29, 1.82) is 0 Å². The van der Waals surface area contributed by atoms with Crippen molar-refractivity contribution >= 4 is 25.1 Å². The monoisotopic (exact) mass is 487 g/mol. The van der Waals surface area contributed by atoms with Crippen molar-refractivity contribution in [3.8, 4) is 22.6 Å². The first kappa shape index (κ1) is 23.6. The van der Waals surface area contributed by atoms with Crippen LogP contribution in [-0.4, -0.2) is 32.4 Å². The van der Waals surface area contributed by atoms with Gasteiger partial charge in [-0.05, 0) is 49.7 Å². The Bertz CT molecular complexity index is 1350. The van der Waals surface area contributed by atoms with Crippen LogP contribution < -0.4 is 4.90 Å². The van der Waals surface area contributed by atoms with Crippen LogP contribution in [0.5, 0.6) is 0 Å². The molecule has 3 aromatic heterocycles. The van der Waals surface area contributed by atoms with Crippen LogP contribution >= 0.6 is 13.5 Å². The zero-order valence-electron chi connectivity index (χ0n) is 18.2. The van der Waals surface area contributed by atoms with Crippen molar-refractivity contribution in [2.75, 3.05) is 11.4 Å². The lowest BCUT2D eigenvalue weighted by atomic mass is 10.1. The Morgan fingerprint density at radius 2 is 1.82 bits per heavy atom. The molecule has 0 unspecified atom stereocenters. The average Bonchev–Trinajstić information content (AvgIpc) is 3.43. The Hall–Kier alpha value is -3.60. The molecular formula is C23H20F3N5O2S. The van der Waals surface area contributed by atoms with E-state index in [4.69, 9.17) is 4.52 Å². The van der Waals surface area contributed by atoms with Gasteiger partial charge in [0.2, 0.25) is 0 Å². The molecule has 1 aromatic carbocycles. The molecule has 34 heavy (non-hydrogen) atoms. The number of anilines is 1. The minimum absolute atomic E-state index is 0. The van der Waals surface area contributed by atoms with Gasteiger partial charge in [-0.3, -0.25) is 14.5 Å². The Balaban J connectivity index is 0.00000274. The molecule has 4 aromatic rings. The number of carbonyl (C=O) groups is 1. The van der Waals surface area contributed by atoms with Crippen LogP contribution in [0.2, 0.25) is 0 Å². The third-order valence-electron chi connectivity index (χ3n) is 5.56. The number of benzene rings is 1. The number of hydrogen-bond donors (Lipinski definition) is 0. The molecular weight excluding hydrogens is 467 g/mol. The van der Waals surface area contributed by atoms with Gasteiger partial charge < -0.3 is 9.42 Å². The van der Waals surface area contributed by atoms with E-state index in [1.807, 2.05) is 19.9 Å². The van der Waals surface area contributed by atoms with Crippen LogP contribution in [-0.2, 0) is 6.18 Å². The minimum Gasteiger partial charge on any atom is -0.356 e. The Kier molecular flexibility index (Phi) is 5.98. The summed E-state index contributed by atoms with van der Waals surface area (Å²) in [5.41, 5.74) is 2.54. The number of rotatable bonds is 3. The Morgan fingerprint density at radius 3 is 2.50 bits per heavy atom. The zero-order valence-corrected chi connectivity index (χ0v) is 19.2. The van der Waals surface area contributed by atoms with Crippen LogP contribution in [0.4, 0.5) is 18.9 Å². The van der Waals surface area contributed by atoms with Gasteiger partial charge in [-0.15, -0.1) is 0 Å². The first-order valence-corrected chi connectivity index (χ1v) is 10.2. The van der Waals surface area contributed by atoms with E-state index in [0.717, 1.165) is 23.3 Å². The third-order valence-corrected chi connectivity index (χ3v) is 5.56. The summed E-state index contributed by atoms with van der Waals surface area (Å²) in [6.07, 6.45) is 0.492. The van der Waals surface area contributed by atoms with Gasteiger partial charge in [0.25, 0.3) is 5.91 Å². The molecule has 5 rings (SSSR count). The van der Waals surface area contributed by atoms with Gasteiger partial charge in [0.15, 0.2) is 5.76 Å². The molecule has 0 N–H and O–H groups in total. The highest BCUT2D eigenvalue weighted by molar-refractivity contribution is 7.59. The number of alkyl halides is 3. The van der Waals surface area contributed by atoms with Gasteiger partial charge in [0.05, 0.1) is 23.4 Å². The number of aromatic nitrogens is 4. The van der Waals surface area contributed by atoms with Gasteiger partial charge in [-0.1, -0.05) is 5.16 Å². The highest BCUT2D eigenvalue weighted by Gasteiger charge is 2.35. The minimum atomic E-state index is -4.44. The SMILES string of the molecule is Cc1cncc(-c2cc(-c3cnn4c3C(=O)N(c3ccc(C(F)(F)F)cc3)C[C@@H]4C)no2)c1.S. The van der Waals surface area contributed by atoms with E-state index in [-0.39, 0.29) is 32.0 Å². The molecule has 7 nitrogen and oxygen atoms in total. The second-order valence-electron chi connectivity index (χ2n) is 7.99. The van der Waals surface area contributed by atoms with E-state index in [1.165, 1.54) is 17.0 Å². The molecule has 0 saturated carbocycles. The number of pyridine rings is 1. The van der Waals surface area contributed by atoms with E-state index >= 15 is 0 Å². The normalized spacial score (nSPS) is 15.7. The number of carbonyl (C=O) groups excluding carboxylic acids is 1. The molecule has 1 aliphatic heterocycles. The van der Waals surface area contributed by atoms with Crippen molar-refractivity contribution < 1.29 is 22.5 Å². The van der Waals surface area contributed by atoms with Crippen molar-refractivity contribution in [2.45, 2.75) is 26.1 Å². The second kappa shape index (κ2) is 8.64. The van der Waals surface area contributed by atoms with Crippen molar-refractivity contribution in [2.24, 2.45) is 0 Å². The molecule has 0 spiro atoms. The average molecular weight is 488 g/mol. The van der Waals surface area contributed by atoms with Crippen molar-refractivity contribution in [1.82, 2.24) is 19.9 Å². The lowest BCUT2D eigenvalue weighted by molar-refractivity contribution is -0.137. The molecule has 0 fully saturated rings. The Morgan fingerprint density at radius 1 is 1.09 bits per heavy atom.